The van der Waals surface area contributed by atoms with Gasteiger partial charge in [-0.3, -0.25) is 4.79 Å². The van der Waals surface area contributed by atoms with Crippen LogP contribution in [0.4, 0.5) is 0 Å². The van der Waals surface area contributed by atoms with E-state index in [4.69, 9.17) is 4.74 Å². The zero-order valence-corrected chi connectivity index (χ0v) is 11.4. The molecule has 0 spiro atoms. The number of hydrogen-bond acceptors (Lipinski definition) is 2. The number of carbonyl (C=O) groups is 1. The van der Waals surface area contributed by atoms with Crippen molar-refractivity contribution in [1.29, 1.82) is 0 Å². The van der Waals surface area contributed by atoms with Crippen molar-refractivity contribution in [2.75, 3.05) is 6.61 Å². The largest absolute Gasteiger partial charge is 0.378 e. The molecule has 17 heavy (non-hydrogen) atoms. The van der Waals surface area contributed by atoms with Gasteiger partial charge in [0, 0.05) is 17.6 Å². The number of benzene rings is 1. The summed E-state index contributed by atoms with van der Waals surface area (Å²) in [4.78, 5) is 11.9. The molecular formula is C13H16BrNO2. The highest BCUT2D eigenvalue weighted by Gasteiger charge is 2.30. The van der Waals surface area contributed by atoms with Crippen LogP contribution in [0.3, 0.4) is 0 Å². The van der Waals surface area contributed by atoms with Gasteiger partial charge in [0.2, 0.25) is 5.91 Å². The first kappa shape index (κ1) is 12.6. The minimum Gasteiger partial charge on any atom is -0.378 e. The molecule has 2 atom stereocenters. The summed E-state index contributed by atoms with van der Waals surface area (Å²) < 4.78 is 6.42. The molecule has 1 aromatic rings. The standard InChI is InChI=1S/C13H16BrNO2/c1-9-12(5-6-17-9)13(16)15-8-10-3-2-4-11(14)7-10/h2-4,7,9,12H,5-6,8H2,1H3,(H,15,16). The summed E-state index contributed by atoms with van der Waals surface area (Å²) in [5.41, 5.74) is 1.10. The normalized spacial score (nSPS) is 23.6. The van der Waals surface area contributed by atoms with Crippen LogP contribution < -0.4 is 5.32 Å². The first-order valence-electron chi connectivity index (χ1n) is 5.80. The van der Waals surface area contributed by atoms with Gasteiger partial charge in [-0.15, -0.1) is 0 Å². The van der Waals surface area contributed by atoms with Crippen molar-refractivity contribution in [1.82, 2.24) is 5.32 Å². The average Bonchev–Trinajstić information content (AvgIpc) is 2.72. The van der Waals surface area contributed by atoms with Gasteiger partial charge in [-0.1, -0.05) is 28.1 Å². The molecule has 1 amide bonds. The Morgan fingerprint density at radius 2 is 2.41 bits per heavy atom. The molecule has 2 unspecified atom stereocenters. The number of ether oxygens (including phenoxy) is 1. The van der Waals surface area contributed by atoms with Gasteiger partial charge in [-0.2, -0.15) is 0 Å². The summed E-state index contributed by atoms with van der Waals surface area (Å²) in [6, 6.07) is 7.94. The maximum absolute atomic E-state index is 11.9. The zero-order chi connectivity index (χ0) is 12.3. The third-order valence-corrected chi connectivity index (χ3v) is 3.56. The maximum Gasteiger partial charge on any atom is 0.226 e. The van der Waals surface area contributed by atoms with Gasteiger partial charge in [0.1, 0.15) is 0 Å². The van der Waals surface area contributed by atoms with Crippen LogP contribution in [0.15, 0.2) is 28.7 Å². The van der Waals surface area contributed by atoms with Crippen molar-refractivity contribution in [3.05, 3.63) is 34.3 Å². The number of amides is 1. The molecule has 1 aliphatic rings. The predicted molar refractivity (Wildman–Crippen MR) is 69.5 cm³/mol. The van der Waals surface area contributed by atoms with Gasteiger partial charge >= 0.3 is 0 Å². The topological polar surface area (TPSA) is 38.3 Å². The molecule has 1 heterocycles. The summed E-state index contributed by atoms with van der Waals surface area (Å²) in [6.07, 6.45) is 0.864. The van der Waals surface area contributed by atoms with Crippen molar-refractivity contribution < 1.29 is 9.53 Å². The lowest BCUT2D eigenvalue weighted by atomic mass is 10.0. The Kier molecular flexibility index (Phi) is 4.18. The summed E-state index contributed by atoms with van der Waals surface area (Å²) >= 11 is 3.41. The van der Waals surface area contributed by atoms with Crippen LogP contribution in [0.25, 0.3) is 0 Å². The zero-order valence-electron chi connectivity index (χ0n) is 9.78. The third-order valence-electron chi connectivity index (χ3n) is 3.07. The molecular weight excluding hydrogens is 282 g/mol. The fourth-order valence-electron chi connectivity index (χ4n) is 2.04. The second-order valence-corrected chi connectivity index (χ2v) is 5.23. The van der Waals surface area contributed by atoms with Crippen LogP contribution in [0.5, 0.6) is 0 Å². The lowest BCUT2D eigenvalue weighted by molar-refractivity contribution is -0.126. The molecule has 1 aliphatic heterocycles. The van der Waals surface area contributed by atoms with Crippen molar-refractivity contribution >= 4 is 21.8 Å². The minimum atomic E-state index is 0.00199. The molecule has 3 nitrogen and oxygen atoms in total. The quantitative estimate of drug-likeness (QED) is 0.931. The van der Waals surface area contributed by atoms with E-state index in [0.717, 1.165) is 16.5 Å². The van der Waals surface area contributed by atoms with E-state index in [1.54, 1.807) is 0 Å². The molecule has 2 rings (SSSR count). The van der Waals surface area contributed by atoms with Crippen molar-refractivity contribution in [3.63, 3.8) is 0 Å². The van der Waals surface area contributed by atoms with Crippen molar-refractivity contribution in [2.45, 2.75) is 26.0 Å². The van der Waals surface area contributed by atoms with Crippen LogP contribution in [0, 0.1) is 5.92 Å². The van der Waals surface area contributed by atoms with E-state index in [1.165, 1.54) is 0 Å². The Hall–Kier alpha value is -0.870. The van der Waals surface area contributed by atoms with Crippen LogP contribution in [0.1, 0.15) is 18.9 Å². The van der Waals surface area contributed by atoms with E-state index in [1.807, 2.05) is 31.2 Å². The molecule has 1 fully saturated rings. The highest BCUT2D eigenvalue weighted by atomic mass is 79.9. The smallest absolute Gasteiger partial charge is 0.226 e. The summed E-state index contributed by atoms with van der Waals surface area (Å²) in [5.74, 6) is 0.0946. The van der Waals surface area contributed by atoms with E-state index in [0.29, 0.717) is 13.2 Å². The van der Waals surface area contributed by atoms with E-state index in [9.17, 15) is 4.79 Å². The molecule has 1 saturated heterocycles. The monoisotopic (exact) mass is 297 g/mol. The Bertz CT molecular complexity index is 408. The van der Waals surface area contributed by atoms with Gasteiger partial charge in [-0.05, 0) is 31.0 Å². The van der Waals surface area contributed by atoms with Gasteiger partial charge in [0.25, 0.3) is 0 Å². The Morgan fingerprint density at radius 1 is 1.59 bits per heavy atom. The molecule has 1 N–H and O–H groups in total. The predicted octanol–water partition coefficient (Wildman–Crippen LogP) is 2.49. The number of rotatable bonds is 3. The minimum absolute atomic E-state index is 0.00199. The summed E-state index contributed by atoms with van der Waals surface area (Å²) in [7, 11) is 0. The van der Waals surface area contributed by atoms with Gasteiger partial charge in [0.15, 0.2) is 0 Å². The first-order valence-corrected chi connectivity index (χ1v) is 6.60. The van der Waals surface area contributed by atoms with E-state index < -0.39 is 0 Å². The molecule has 0 bridgehead atoms. The highest BCUT2D eigenvalue weighted by molar-refractivity contribution is 9.10. The Balaban J connectivity index is 1.88. The molecule has 4 heteroatoms. The summed E-state index contributed by atoms with van der Waals surface area (Å²) in [6.45, 7) is 3.22. The fourth-order valence-corrected chi connectivity index (χ4v) is 2.49. The molecule has 0 aliphatic carbocycles. The average molecular weight is 298 g/mol. The van der Waals surface area contributed by atoms with Crippen molar-refractivity contribution in [3.8, 4) is 0 Å². The van der Waals surface area contributed by atoms with Crippen LogP contribution in [0.2, 0.25) is 0 Å². The SMILES string of the molecule is CC1OCCC1C(=O)NCc1cccc(Br)c1. The third kappa shape index (κ3) is 3.30. The van der Waals surface area contributed by atoms with E-state index in [-0.39, 0.29) is 17.9 Å². The lowest BCUT2D eigenvalue weighted by Crippen LogP contribution is -2.33. The van der Waals surface area contributed by atoms with Gasteiger partial charge in [0.05, 0.1) is 12.0 Å². The van der Waals surface area contributed by atoms with E-state index >= 15 is 0 Å². The molecule has 1 aromatic carbocycles. The van der Waals surface area contributed by atoms with Gasteiger partial charge in [-0.25, -0.2) is 0 Å². The highest BCUT2D eigenvalue weighted by Crippen LogP contribution is 2.20. The molecule has 0 aromatic heterocycles. The second-order valence-electron chi connectivity index (χ2n) is 4.32. The number of carbonyl (C=O) groups excluding carboxylic acids is 1. The van der Waals surface area contributed by atoms with Gasteiger partial charge < -0.3 is 10.1 Å². The number of halogens is 1. The first-order chi connectivity index (χ1) is 8.16. The van der Waals surface area contributed by atoms with Crippen molar-refractivity contribution in [2.24, 2.45) is 5.92 Å². The second kappa shape index (κ2) is 5.65. The number of nitrogens with one attached hydrogen (secondary N) is 1. The Morgan fingerprint density at radius 3 is 3.06 bits per heavy atom. The van der Waals surface area contributed by atoms with E-state index in [2.05, 4.69) is 21.2 Å². The maximum atomic E-state index is 11.9. The molecule has 0 radical (unpaired) electrons. The lowest BCUT2D eigenvalue weighted by Gasteiger charge is -2.14. The van der Waals surface area contributed by atoms with Crippen LogP contribution in [-0.4, -0.2) is 18.6 Å². The van der Waals surface area contributed by atoms with Crippen LogP contribution >= 0.6 is 15.9 Å². The fraction of sp³-hybridized carbons (Fsp3) is 0.462. The Labute approximate surface area is 110 Å². The molecule has 0 saturated carbocycles. The molecule has 92 valence electrons. The summed E-state index contributed by atoms with van der Waals surface area (Å²) in [5, 5.41) is 2.96. The number of hydrogen-bond donors (Lipinski definition) is 1. The van der Waals surface area contributed by atoms with Crippen LogP contribution in [-0.2, 0) is 16.1 Å².